The number of nitrogens with one attached hydrogen (secondary N) is 1. The van der Waals surface area contributed by atoms with Crippen LogP contribution in [0.25, 0.3) is 0 Å². The molecule has 1 aromatic rings. The molecule has 3 nitrogen and oxygen atoms in total. The predicted molar refractivity (Wildman–Crippen MR) is 55.9 cm³/mol. The molecule has 0 aliphatic heterocycles. The molecule has 0 spiro atoms. The molecule has 0 saturated heterocycles. The van der Waals surface area contributed by atoms with Crippen LogP contribution >= 0.6 is 0 Å². The maximum atomic E-state index is 12.9. The van der Waals surface area contributed by atoms with E-state index in [2.05, 4.69) is 5.32 Å². The summed E-state index contributed by atoms with van der Waals surface area (Å²) in [5.74, 6) is -0.274. The van der Waals surface area contributed by atoms with Crippen molar-refractivity contribution in [1.82, 2.24) is 5.32 Å². The van der Waals surface area contributed by atoms with Gasteiger partial charge in [0.25, 0.3) is 0 Å². The van der Waals surface area contributed by atoms with Gasteiger partial charge in [-0.3, -0.25) is 0 Å². The van der Waals surface area contributed by atoms with Crippen molar-refractivity contribution in [2.45, 2.75) is 19.1 Å². The van der Waals surface area contributed by atoms with Gasteiger partial charge in [-0.2, -0.15) is 0 Å². The van der Waals surface area contributed by atoms with Gasteiger partial charge < -0.3 is 15.5 Å². The van der Waals surface area contributed by atoms with Crippen molar-refractivity contribution in [2.24, 2.45) is 0 Å². The van der Waals surface area contributed by atoms with E-state index in [1.54, 1.807) is 6.07 Å². The molecule has 0 unspecified atom stereocenters. The minimum Gasteiger partial charge on any atom is -0.394 e. The fourth-order valence-corrected chi connectivity index (χ4v) is 1.27. The van der Waals surface area contributed by atoms with Crippen molar-refractivity contribution < 1.29 is 14.6 Å². The highest BCUT2D eigenvalue weighted by Crippen LogP contribution is 2.12. The van der Waals surface area contributed by atoms with Gasteiger partial charge in [-0.25, -0.2) is 4.39 Å². The number of hydrogen-bond donors (Lipinski definition) is 3. The lowest BCUT2D eigenvalue weighted by molar-refractivity contribution is 0.0924. The van der Waals surface area contributed by atoms with Crippen LogP contribution < -0.4 is 5.32 Å². The molecule has 0 amide bonds. The third-order valence-electron chi connectivity index (χ3n) is 2.22. The van der Waals surface area contributed by atoms with Gasteiger partial charge in [0.2, 0.25) is 0 Å². The summed E-state index contributed by atoms with van der Waals surface area (Å²) in [4.78, 5) is 0. The Hall–Kier alpha value is -0.970. The summed E-state index contributed by atoms with van der Waals surface area (Å²) < 4.78 is 12.9. The average molecular weight is 213 g/mol. The van der Waals surface area contributed by atoms with Crippen LogP contribution in [0.1, 0.15) is 18.5 Å². The second-order valence-corrected chi connectivity index (χ2v) is 3.52. The number of halogens is 1. The van der Waals surface area contributed by atoms with Gasteiger partial charge in [-0.05, 0) is 24.6 Å². The van der Waals surface area contributed by atoms with Crippen LogP contribution in [0.15, 0.2) is 24.3 Å². The van der Waals surface area contributed by atoms with Gasteiger partial charge in [0, 0.05) is 12.6 Å². The van der Waals surface area contributed by atoms with E-state index >= 15 is 0 Å². The summed E-state index contributed by atoms with van der Waals surface area (Å²) in [6.07, 6.45) is -0.777. The molecule has 84 valence electrons. The molecule has 0 aliphatic carbocycles. The van der Waals surface area contributed by atoms with Gasteiger partial charge >= 0.3 is 0 Å². The van der Waals surface area contributed by atoms with Crippen LogP contribution in [0.2, 0.25) is 0 Å². The van der Waals surface area contributed by atoms with E-state index in [4.69, 9.17) is 10.2 Å². The Kier molecular flexibility index (Phi) is 4.68. The van der Waals surface area contributed by atoms with Crippen molar-refractivity contribution in [2.75, 3.05) is 13.2 Å². The molecular weight excluding hydrogens is 197 g/mol. The summed E-state index contributed by atoms with van der Waals surface area (Å²) in [5.41, 5.74) is 0.820. The first-order chi connectivity index (χ1) is 7.13. The van der Waals surface area contributed by atoms with Gasteiger partial charge in [0.05, 0.1) is 12.7 Å². The van der Waals surface area contributed by atoms with E-state index in [1.165, 1.54) is 12.1 Å². The number of aliphatic hydroxyl groups excluding tert-OH is 2. The van der Waals surface area contributed by atoms with Gasteiger partial charge in [-0.15, -0.1) is 0 Å². The summed E-state index contributed by atoms with van der Waals surface area (Å²) in [5, 5.41) is 20.7. The van der Waals surface area contributed by atoms with E-state index in [-0.39, 0.29) is 25.0 Å². The number of aliphatic hydroxyl groups is 2. The third kappa shape index (κ3) is 3.95. The SMILES string of the molecule is C[C@H](NC[C@H](O)CO)c1cccc(F)c1. The van der Waals surface area contributed by atoms with Gasteiger partial charge in [0.15, 0.2) is 0 Å². The minimum absolute atomic E-state index is 0.0538. The molecule has 0 radical (unpaired) electrons. The molecule has 0 bridgehead atoms. The molecule has 0 fully saturated rings. The summed E-state index contributed by atoms with van der Waals surface area (Å²) in [7, 11) is 0. The predicted octanol–water partition coefficient (Wildman–Crippen LogP) is 0.829. The summed E-state index contributed by atoms with van der Waals surface area (Å²) in [6, 6.07) is 6.24. The Bertz CT molecular complexity index is 306. The molecule has 1 aromatic carbocycles. The van der Waals surface area contributed by atoms with Crippen molar-refractivity contribution in [3.63, 3.8) is 0 Å². The van der Waals surface area contributed by atoms with Crippen molar-refractivity contribution in [3.8, 4) is 0 Å². The number of benzene rings is 1. The highest BCUT2D eigenvalue weighted by Gasteiger charge is 2.08. The standard InChI is InChI=1S/C11H16FNO2/c1-8(13-6-11(15)7-14)9-3-2-4-10(12)5-9/h2-5,8,11,13-15H,6-7H2,1H3/t8-,11-/m0/s1. The Morgan fingerprint density at radius 1 is 1.47 bits per heavy atom. The normalized spacial score (nSPS) is 14.9. The van der Waals surface area contributed by atoms with Crippen LogP contribution in [0.5, 0.6) is 0 Å². The van der Waals surface area contributed by atoms with E-state index in [0.717, 1.165) is 5.56 Å². The zero-order chi connectivity index (χ0) is 11.3. The first-order valence-corrected chi connectivity index (χ1v) is 4.91. The van der Waals surface area contributed by atoms with Crippen LogP contribution in [-0.2, 0) is 0 Å². The van der Waals surface area contributed by atoms with Crippen molar-refractivity contribution >= 4 is 0 Å². The van der Waals surface area contributed by atoms with Gasteiger partial charge in [0.1, 0.15) is 5.82 Å². The molecule has 0 aromatic heterocycles. The topological polar surface area (TPSA) is 52.5 Å². The van der Waals surface area contributed by atoms with E-state index in [1.807, 2.05) is 13.0 Å². The fraction of sp³-hybridized carbons (Fsp3) is 0.455. The van der Waals surface area contributed by atoms with Crippen LogP contribution in [0.4, 0.5) is 4.39 Å². The van der Waals surface area contributed by atoms with Crippen LogP contribution in [0.3, 0.4) is 0 Å². The van der Waals surface area contributed by atoms with Crippen LogP contribution in [0, 0.1) is 5.82 Å². The lowest BCUT2D eigenvalue weighted by Crippen LogP contribution is -2.31. The smallest absolute Gasteiger partial charge is 0.123 e. The molecular formula is C11H16FNO2. The molecule has 4 heteroatoms. The third-order valence-corrected chi connectivity index (χ3v) is 2.22. The second-order valence-electron chi connectivity index (χ2n) is 3.52. The Morgan fingerprint density at radius 2 is 2.20 bits per heavy atom. The zero-order valence-corrected chi connectivity index (χ0v) is 8.65. The molecule has 1 rings (SSSR count). The van der Waals surface area contributed by atoms with E-state index < -0.39 is 6.10 Å². The van der Waals surface area contributed by atoms with Gasteiger partial charge in [-0.1, -0.05) is 12.1 Å². The lowest BCUT2D eigenvalue weighted by Gasteiger charge is -2.16. The first-order valence-electron chi connectivity index (χ1n) is 4.91. The maximum absolute atomic E-state index is 12.9. The maximum Gasteiger partial charge on any atom is 0.123 e. The molecule has 2 atom stereocenters. The molecule has 0 heterocycles. The first kappa shape index (κ1) is 12.1. The second kappa shape index (κ2) is 5.80. The monoisotopic (exact) mass is 213 g/mol. The quantitative estimate of drug-likeness (QED) is 0.679. The average Bonchev–Trinajstić information content (AvgIpc) is 2.25. The molecule has 15 heavy (non-hydrogen) atoms. The molecule has 3 N–H and O–H groups in total. The zero-order valence-electron chi connectivity index (χ0n) is 8.65. The van der Waals surface area contributed by atoms with E-state index in [9.17, 15) is 4.39 Å². The van der Waals surface area contributed by atoms with Crippen molar-refractivity contribution in [3.05, 3.63) is 35.6 Å². The van der Waals surface area contributed by atoms with Crippen LogP contribution in [-0.4, -0.2) is 29.5 Å². The highest BCUT2D eigenvalue weighted by atomic mass is 19.1. The Morgan fingerprint density at radius 3 is 2.80 bits per heavy atom. The van der Waals surface area contributed by atoms with Crippen molar-refractivity contribution in [1.29, 1.82) is 0 Å². The highest BCUT2D eigenvalue weighted by molar-refractivity contribution is 5.19. The summed E-state index contributed by atoms with van der Waals surface area (Å²) >= 11 is 0. The minimum atomic E-state index is -0.777. The fourth-order valence-electron chi connectivity index (χ4n) is 1.27. The molecule has 0 saturated carbocycles. The van der Waals surface area contributed by atoms with E-state index in [0.29, 0.717) is 0 Å². The Labute approximate surface area is 88.6 Å². The number of hydrogen-bond acceptors (Lipinski definition) is 3. The largest absolute Gasteiger partial charge is 0.394 e. The summed E-state index contributed by atoms with van der Waals surface area (Å²) in [6.45, 7) is 1.88. The number of rotatable bonds is 5. The lowest BCUT2D eigenvalue weighted by atomic mass is 10.1. The Balaban J connectivity index is 2.50. The molecule has 0 aliphatic rings.